The average Bonchev–Trinajstić information content (AvgIpc) is 3.82. The van der Waals surface area contributed by atoms with Crippen molar-refractivity contribution in [3.05, 3.63) is 202 Å². The van der Waals surface area contributed by atoms with Gasteiger partial charge in [-0.05, 0) is 68.0 Å². The molecule has 1 saturated heterocycles. The van der Waals surface area contributed by atoms with Crippen LogP contribution in [0.1, 0.15) is 74.2 Å². The van der Waals surface area contributed by atoms with Crippen LogP contribution in [0.4, 0.5) is 5.13 Å². The second-order valence-electron chi connectivity index (χ2n) is 17.6. The number of fused-ring (bicyclic) bond motifs is 1. The predicted octanol–water partition coefficient (Wildman–Crippen LogP) is 9.61. The van der Waals surface area contributed by atoms with Crippen LogP contribution in [0.5, 0.6) is 0 Å². The fourth-order valence-electron chi connectivity index (χ4n) is 7.92. The molecule has 2 N–H and O–H groups in total. The van der Waals surface area contributed by atoms with Crippen molar-refractivity contribution in [1.29, 1.82) is 0 Å². The van der Waals surface area contributed by atoms with Gasteiger partial charge >= 0.3 is 11.9 Å². The number of carbonyl (C=O) groups is 4. The number of hydrogen-bond acceptors (Lipinski definition) is 12. The lowest BCUT2D eigenvalue weighted by molar-refractivity contribution is -0.179. The second kappa shape index (κ2) is 20.2. The van der Waals surface area contributed by atoms with E-state index < -0.39 is 58.0 Å². The van der Waals surface area contributed by atoms with E-state index in [1.54, 1.807) is 26.2 Å². The Balaban J connectivity index is 1.10. The van der Waals surface area contributed by atoms with E-state index in [1.165, 1.54) is 41.8 Å². The molecule has 1 fully saturated rings. The highest BCUT2D eigenvalue weighted by Gasteiger charge is 2.55. The van der Waals surface area contributed by atoms with Crippen LogP contribution >= 0.6 is 34.7 Å². The zero-order valence-corrected chi connectivity index (χ0v) is 40.4. The van der Waals surface area contributed by atoms with Crippen molar-refractivity contribution in [2.24, 2.45) is 5.16 Å². The summed E-state index contributed by atoms with van der Waals surface area (Å²) in [6.45, 7) is 8.16. The summed E-state index contributed by atoms with van der Waals surface area (Å²) in [7, 11) is 0. The van der Waals surface area contributed by atoms with Gasteiger partial charge in [0, 0.05) is 17.0 Å². The van der Waals surface area contributed by atoms with E-state index in [-0.39, 0.29) is 23.0 Å². The van der Waals surface area contributed by atoms with Crippen molar-refractivity contribution in [2.45, 2.75) is 68.9 Å². The van der Waals surface area contributed by atoms with Gasteiger partial charge in [0.05, 0.1) is 0 Å². The highest BCUT2D eigenvalue weighted by Crippen LogP contribution is 2.43. The van der Waals surface area contributed by atoms with Crippen molar-refractivity contribution in [3.63, 3.8) is 0 Å². The molecular weight excluding hydrogens is 918 g/mol. The molecule has 0 spiro atoms. The number of hydrogen-bond donors (Lipinski definition) is 2. The normalized spacial score (nSPS) is 16.4. The van der Waals surface area contributed by atoms with Crippen LogP contribution in [0, 0.1) is 0 Å². The van der Waals surface area contributed by atoms with Crippen molar-refractivity contribution in [2.75, 3.05) is 16.9 Å². The van der Waals surface area contributed by atoms with E-state index in [2.05, 4.69) is 15.8 Å². The first kappa shape index (κ1) is 47.7. The minimum Gasteiger partial charge on any atom is -0.457 e. The number of rotatable bonds is 16. The summed E-state index contributed by atoms with van der Waals surface area (Å²) in [6, 6.07) is 47.5. The molecule has 5 aromatic carbocycles. The Bertz CT molecular complexity index is 2680. The van der Waals surface area contributed by atoms with Crippen LogP contribution in [0.2, 0.25) is 0 Å². The third-order valence-electron chi connectivity index (χ3n) is 11.3. The third-order valence-corrected chi connectivity index (χ3v) is 13.7. The van der Waals surface area contributed by atoms with Gasteiger partial charge in [0.1, 0.15) is 33.9 Å². The number of amides is 2. The number of aromatic nitrogens is 1. The number of nitrogens with zero attached hydrogens (tertiary/aromatic N) is 3. The first-order valence-electron chi connectivity index (χ1n) is 21.9. The SMILES string of the molecule is CC(C)(C)OC(=O)C(C)(C)O/N=C(\C(=O)NC1C(=O)N2C(C(=O)OC(c3ccccc3)c3ccccc3)=C(CCl)CSC12)c1csc(NC(c2ccccc2)(c2ccccc2)c2ccccc2)n1. The Morgan fingerprint density at radius 2 is 1.28 bits per heavy atom. The monoisotopic (exact) mass is 967 g/mol. The lowest BCUT2D eigenvalue weighted by atomic mass is 9.77. The largest absolute Gasteiger partial charge is 0.457 e. The van der Waals surface area contributed by atoms with Crippen LogP contribution in [0.25, 0.3) is 0 Å². The fraction of sp³-hybridized carbons (Fsp3) is 0.245. The minimum atomic E-state index is -1.64. The molecule has 2 unspecified atom stereocenters. The molecule has 0 saturated carbocycles. The summed E-state index contributed by atoms with van der Waals surface area (Å²) in [4.78, 5) is 68.6. The summed E-state index contributed by atoms with van der Waals surface area (Å²) in [6.07, 6.45) is -0.770. The maximum atomic E-state index is 14.6. The standard InChI is InChI=1S/C53H50ClN5O7S2/c1-51(2,3)65-49(63)52(4,5)66-58-41(40-33-68-50(55-40)57-53(37-25-15-8-16-26-37,38-27-17-9-18-28-38)39-29-19-10-20-30-39)45(60)56-42-46(61)59-43(36(31-54)32-67-47(42)59)48(62)64-44(34-21-11-6-12-22-34)35-23-13-7-14-24-35/h6-30,33,42,44,47H,31-32H2,1-5H3,(H,55,57)(H,56,60)/b58-41-. The van der Waals surface area contributed by atoms with E-state index in [4.69, 9.17) is 30.9 Å². The van der Waals surface area contributed by atoms with Crippen LogP contribution in [-0.2, 0) is 39.0 Å². The van der Waals surface area contributed by atoms with Crippen molar-refractivity contribution in [1.82, 2.24) is 15.2 Å². The number of halogens is 1. The number of ether oxygens (including phenoxy) is 2. The zero-order chi connectivity index (χ0) is 48.1. The molecule has 1 aromatic heterocycles. The maximum Gasteiger partial charge on any atom is 0.356 e. The molecule has 2 aliphatic heterocycles. The molecule has 0 radical (unpaired) electrons. The Labute approximate surface area is 408 Å². The quantitative estimate of drug-likeness (QED) is 0.0240. The molecule has 15 heteroatoms. The van der Waals surface area contributed by atoms with E-state index >= 15 is 0 Å². The van der Waals surface area contributed by atoms with Gasteiger partial charge in [-0.1, -0.05) is 157 Å². The van der Waals surface area contributed by atoms with Gasteiger partial charge in [-0.25, -0.2) is 14.6 Å². The Hall–Kier alpha value is -6.74. The maximum absolute atomic E-state index is 14.6. The highest BCUT2D eigenvalue weighted by molar-refractivity contribution is 8.00. The zero-order valence-electron chi connectivity index (χ0n) is 38.1. The topological polar surface area (TPSA) is 149 Å². The molecular formula is C53H50ClN5O7S2. The predicted molar refractivity (Wildman–Crippen MR) is 266 cm³/mol. The van der Waals surface area contributed by atoms with E-state index in [0.29, 0.717) is 16.5 Å². The van der Waals surface area contributed by atoms with Gasteiger partial charge in [-0.15, -0.1) is 34.7 Å². The molecule has 2 aliphatic rings. The van der Waals surface area contributed by atoms with Crippen LogP contribution in [0.3, 0.4) is 0 Å². The number of esters is 2. The molecule has 0 aliphatic carbocycles. The number of thioether (sulfide) groups is 1. The first-order chi connectivity index (χ1) is 32.7. The molecule has 12 nitrogen and oxygen atoms in total. The fourth-order valence-corrected chi connectivity index (χ4v) is 10.3. The number of thiazole rings is 1. The number of anilines is 1. The van der Waals surface area contributed by atoms with Crippen molar-refractivity contribution < 1.29 is 33.5 Å². The smallest absolute Gasteiger partial charge is 0.356 e. The molecule has 2 atom stereocenters. The third kappa shape index (κ3) is 10.1. The van der Waals surface area contributed by atoms with Crippen LogP contribution in [-0.4, -0.2) is 73.6 Å². The molecule has 3 heterocycles. The van der Waals surface area contributed by atoms with E-state index in [0.717, 1.165) is 27.8 Å². The number of oxime groups is 1. The molecule has 68 heavy (non-hydrogen) atoms. The Morgan fingerprint density at radius 1 is 0.779 bits per heavy atom. The van der Waals surface area contributed by atoms with Crippen molar-refractivity contribution >= 4 is 69.3 Å². The van der Waals surface area contributed by atoms with E-state index in [1.807, 2.05) is 152 Å². The van der Waals surface area contributed by atoms with Crippen LogP contribution in [0.15, 0.2) is 173 Å². The summed E-state index contributed by atoms with van der Waals surface area (Å²) in [5.41, 5.74) is 1.27. The molecule has 2 amide bonds. The first-order valence-corrected chi connectivity index (χ1v) is 24.4. The number of nitrogens with one attached hydrogen (secondary N) is 2. The van der Waals surface area contributed by atoms with Crippen molar-refractivity contribution in [3.8, 4) is 0 Å². The second-order valence-corrected chi connectivity index (χ2v) is 19.8. The summed E-state index contributed by atoms with van der Waals surface area (Å²) in [5.74, 6) is -2.49. The summed E-state index contributed by atoms with van der Waals surface area (Å²) in [5, 5.41) is 12.3. The lowest BCUT2D eigenvalue weighted by Gasteiger charge is -2.49. The van der Waals surface area contributed by atoms with Gasteiger partial charge in [-0.2, -0.15) is 0 Å². The minimum absolute atomic E-state index is 0.0197. The summed E-state index contributed by atoms with van der Waals surface area (Å²) >= 11 is 9.01. The molecule has 0 bridgehead atoms. The molecule has 348 valence electrons. The summed E-state index contributed by atoms with van der Waals surface area (Å²) < 4.78 is 11.8. The van der Waals surface area contributed by atoms with Gasteiger partial charge in [0.2, 0.25) is 5.60 Å². The van der Waals surface area contributed by atoms with Gasteiger partial charge in [-0.3, -0.25) is 14.5 Å². The van der Waals surface area contributed by atoms with E-state index in [9.17, 15) is 19.2 Å². The van der Waals surface area contributed by atoms with Gasteiger partial charge in [0.15, 0.2) is 16.9 Å². The number of β-lactam (4-membered cyclic amide) rings is 1. The average molecular weight is 969 g/mol. The number of alkyl halides is 1. The van der Waals surface area contributed by atoms with Crippen LogP contribution < -0.4 is 10.6 Å². The number of benzene rings is 5. The van der Waals surface area contributed by atoms with Gasteiger partial charge < -0.3 is 24.9 Å². The Kier molecular flexibility index (Phi) is 14.2. The molecule has 6 aromatic rings. The highest BCUT2D eigenvalue weighted by atomic mass is 35.5. The molecule has 8 rings (SSSR count). The number of carbonyl (C=O) groups excluding carboxylic acids is 4. The lowest BCUT2D eigenvalue weighted by Crippen LogP contribution is -2.71. The Morgan fingerprint density at radius 3 is 1.76 bits per heavy atom. The van der Waals surface area contributed by atoms with Gasteiger partial charge in [0.25, 0.3) is 11.8 Å².